The Morgan fingerprint density at radius 3 is 1.55 bits per heavy atom. The van der Waals surface area contributed by atoms with Crippen LogP contribution in [-0.2, 0) is 28.8 Å². The molecule has 4 N–H and O–H groups in total. The Hall–Kier alpha value is -3.30. The summed E-state index contributed by atoms with van der Waals surface area (Å²) in [6.45, 7) is 13.3. The van der Waals surface area contributed by atoms with Crippen molar-refractivity contribution in [2.24, 2.45) is 11.8 Å². The number of unbranched alkanes of at least 4 members (excludes halogenated alkanes) is 1. The molecular weight excluding hydrogens is 492 g/mol. The van der Waals surface area contributed by atoms with Gasteiger partial charge in [-0.2, -0.15) is 0 Å². The Bertz CT molecular complexity index is 883. The fourth-order valence-electron chi connectivity index (χ4n) is 4.08. The summed E-state index contributed by atoms with van der Waals surface area (Å²) in [6, 6.07) is 0. The highest BCUT2D eigenvalue weighted by Crippen LogP contribution is 2.32. The van der Waals surface area contributed by atoms with Gasteiger partial charge in [0.1, 0.15) is 0 Å². The van der Waals surface area contributed by atoms with E-state index in [-0.39, 0.29) is 36.2 Å². The monoisotopic (exact) mass is 536 g/mol. The van der Waals surface area contributed by atoms with Crippen molar-refractivity contribution in [1.82, 2.24) is 10.6 Å². The molecule has 10 nitrogen and oxygen atoms in total. The zero-order valence-corrected chi connectivity index (χ0v) is 23.1. The first-order valence-electron chi connectivity index (χ1n) is 13.0. The molecule has 0 aliphatic heterocycles. The fourth-order valence-corrected chi connectivity index (χ4v) is 4.08. The molecule has 0 atom stereocenters. The number of aliphatic carboxylic acids is 2. The molecule has 0 unspecified atom stereocenters. The Labute approximate surface area is 225 Å². The maximum atomic E-state index is 12.2. The van der Waals surface area contributed by atoms with E-state index in [2.05, 4.69) is 23.8 Å². The van der Waals surface area contributed by atoms with Crippen molar-refractivity contribution in [2.45, 2.75) is 103 Å². The predicted octanol–water partition coefficient (Wildman–Crippen LogP) is 3.59. The first kappa shape index (κ1) is 34.7. The molecule has 214 valence electrons. The Morgan fingerprint density at radius 1 is 0.737 bits per heavy atom. The topological polar surface area (TPSA) is 167 Å². The average molecular weight is 537 g/mol. The van der Waals surface area contributed by atoms with Crippen LogP contribution in [0.25, 0.3) is 0 Å². The zero-order valence-electron chi connectivity index (χ0n) is 23.1. The molecule has 0 radical (unpaired) electrons. The molecule has 10 heteroatoms. The molecule has 2 amide bonds. The lowest BCUT2D eigenvalue weighted by atomic mass is 9.79. The molecule has 0 aromatic carbocycles. The van der Waals surface area contributed by atoms with Gasteiger partial charge in [-0.1, -0.05) is 13.2 Å². The van der Waals surface area contributed by atoms with Crippen molar-refractivity contribution >= 4 is 35.3 Å². The summed E-state index contributed by atoms with van der Waals surface area (Å²) in [5.74, 6) is -2.24. The van der Waals surface area contributed by atoms with E-state index in [1.165, 1.54) is 0 Å². The fraction of sp³-hybridized carbons (Fsp3) is 0.643. The number of amides is 2. The number of nitrogens with one attached hydrogen (secondary N) is 2. The van der Waals surface area contributed by atoms with Crippen LogP contribution in [0.4, 0.5) is 0 Å². The van der Waals surface area contributed by atoms with E-state index in [1.807, 2.05) is 0 Å². The highest BCUT2D eigenvalue weighted by atomic mass is 16.4. The third-order valence-electron chi connectivity index (χ3n) is 6.66. The van der Waals surface area contributed by atoms with Gasteiger partial charge in [0.2, 0.25) is 11.8 Å². The number of carbonyl (C=O) groups excluding carboxylic acids is 4. The second kappa shape index (κ2) is 16.5. The Morgan fingerprint density at radius 2 is 1.16 bits per heavy atom. The van der Waals surface area contributed by atoms with Crippen molar-refractivity contribution in [1.29, 1.82) is 0 Å². The second-order valence-corrected chi connectivity index (χ2v) is 10.7. The van der Waals surface area contributed by atoms with Crippen LogP contribution in [0, 0.1) is 11.8 Å². The summed E-state index contributed by atoms with van der Waals surface area (Å²) in [5.41, 5.74) is -1.82. The van der Waals surface area contributed by atoms with Crippen LogP contribution in [0.3, 0.4) is 0 Å². The van der Waals surface area contributed by atoms with Gasteiger partial charge in [0.25, 0.3) is 0 Å². The van der Waals surface area contributed by atoms with Crippen LogP contribution in [-0.4, -0.2) is 56.6 Å². The second-order valence-electron chi connectivity index (χ2n) is 10.7. The SMILES string of the molecule is C=CC(=O)NC(C)(C)C(=O)CCC1CCC(C(=O)O)CC1.C=CC(=O)NC(C)(C)C(=O)CCCCC(=O)O. The van der Waals surface area contributed by atoms with E-state index in [1.54, 1.807) is 27.7 Å². The zero-order chi connectivity index (χ0) is 29.5. The minimum absolute atomic E-state index is 0.00180. The standard InChI is InChI=1S/C16H25NO4.C12H19NO4/c1-4-14(19)17-16(2,3)13(18)10-7-11-5-8-12(9-6-11)15(20)21;1-4-10(15)13-12(2,3)9(14)7-5-6-8-11(16)17/h4,11-12H,1,5-10H2,2-3H3,(H,17,19)(H,20,21);4H,1,5-8H2,2-3H3,(H,13,15)(H,16,17). The molecule has 1 saturated carbocycles. The third kappa shape index (κ3) is 13.9. The van der Waals surface area contributed by atoms with Gasteiger partial charge >= 0.3 is 11.9 Å². The van der Waals surface area contributed by atoms with Crippen LogP contribution >= 0.6 is 0 Å². The van der Waals surface area contributed by atoms with Crippen molar-refractivity contribution in [2.75, 3.05) is 0 Å². The number of Topliss-reactive ketones (excluding diaryl/α,β-unsaturated/α-hetero) is 2. The number of hydrogen-bond donors (Lipinski definition) is 4. The van der Waals surface area contributed by atoms with Crippen molar-refractivity contribution < 1.29 is 39.0 Å². The van der Waals surface area contributed by atoms with Crippen LogP contribution in [0.1, 0.15) is 91.9 Å². The summed E-state index contributed by atoms with van der Waals surface area (Å²) in [6.07, 6.45) is 7.87. The summed E-state index contributed by atoms with van der Waals surface area (Å²) < 4.78 is 0. The lowest BCUT2D eigenvalue weighted by Crippen LogP contribution is -2.49. The van der Waals surface area contributed by atoms with E-state index in [0.717, 1.165) is 31.4 Å². The van der Waals surface area contributed by atoms with Gasteiger partial charge in [-0.3, -0.25) is 28.8 Å². The number of carboxylic acids is 2. The number of carbonyl (C=O) groups is 6. The van der Waals surface area contributed by atoms with Crippen LogP contribution in [0.15, 0.2) is 25.3 Å². The summed E-state index contributed by atoms with van der Waals surface area (Å²) in [5, 5.41) is 22.6. The third-order valence-corrected chi connectivity index (χ3v) is 6.66. The maximum absolute atomic E-state index is 12.2. The quantitative estimate of drug-likeness (QED) is 0.182. The first-order valence-corrected chi connectivity index (χ1v) is 13.0. The van der Waals surface area contributed by atoms with Gasteiger partial charge in [-0.25, -0.2) is 0 Å². The van der Waals surface area contributed by atoms with Gasteiger partial charge in [0.15, 0.2) is 11.6 Å². The van der Waals surface area contributed by atoms with E-state index in [4.69, 9.17) is 10.2 Å². The molecule has 38 heavy (non-hydrogen) atoms. The molecular formula is C28H44N2O8. The lowest BCUT2D eigenvalue weighted by Gasteiger charge is -2.28. The molecule has 1 aliphatic rings. The molecule has 0 heterocycles. The smallest absolute Gasteiger partial charge is 0.306 e. The molecule has 0 aromatic rings. The molecule has 0 spiro atoms. The van der Waals surface area contributed by atoms with Gasteiger partial charge in [0.05, 0.1) is 17.0 Å². The maximum Gasteiger partial charge on any atom is 0.306 e. The van der Waals surface area contributed by atoms with Crippen LogP contribution in [0.5, 0.6) is 0 Å². The molecule has 0 bridgehead atoms. The van der Waals surface area contributed by atoms with Gasteiger partial charge in [0, 0.05) is 19.3 Å². The number of ketones is 2. The van der Waals surface area contributed by atoms with E-state index < -0.39 is 28.9 Å². The number of carboxylic acid groups (broad SMARTS) is 2. The molecule has 0 saturated heterocycles. The largest absolute Gasteiger partial charge is 0.481 e. The Balaban J connectivity index is 0.000000739. The highest BCUT2D eigenvalue weighted by molar-refractivity contribution is 5.96. The normalized spacial score (nSPS) is 17.2. The van der Waals surface area contributed by atoms with Crippen molar-refractivity contribution in [3.8, 4) is 0 Å². The van der Waals surface area contributed by atoms with Crippen LogP contribution < -0.4 is 10.6 Å². The van der Waals surface area contributed by atoms with E-state index in [9.17, 15) is 28.8 Å². The summed E-state index contributed by atoms with van der Waals surface area (Å²) in [4.78, 5) is 67.5. The predicted molar refractivity (Wildman–Crippen MR) is 143 cm³/mol. The minimum atomic E-state index is -0.936. The number of hydrogen-bond acceptors (Lipinski definition) is 6. The van der Waals surface area contributed by atoms with Crippen molar-refractivity contribution in [3.05, 3.63) is 25.3 Å². The van der Waals surface area contributed by atoms with E-state index in [0.29, 0.717) is 38.0 Å². The van der Waals surface area contributed by atoms with E-state index >= 15 is 0 Å². The first-order chi connectivity index (χ1) is 17.5. The summed E-state index contributed by atoms with van der Waals surface area (Å²) >= 11 is 0. The van der Waals surface area contributed by atoms with Crippen molar-refractivity contribution in [3.63, 3.8) is 0 Å². The van der Waals surface area contributed by atoms with Crippen LogP contribution in [0.2, 0.25) is 0 Å². The molecule has 1 rings (SSSR count). The molecule has 1 aliphatic carbocycles. The number of rotatable bonds is 15. The highest BCUT2D eigenvalue weighted by Gasteiger charge is 2.31. The average Bonchev–Trinajstić information content (AvgIpc) is 2.84. The van der Waals surface area contributed by atoms with Gasteiger partial charge < -0.3 is 20.8 Å². The Kier molecular flexibility index (Phi) is 15.1. The molecule has 0 aromatic heterocycles. The van der Waals surface area contributed by atoms with Gasteiger partial charge in [-0.15, -0.1) is 0 Å². The lowest BCUT2D eigenvalue weighted by molar-refractivity contribution is -0.143. The molecule has 1 fully saturated rings. The van der Waals surface area contributed by atoms with Gasteiger partial charge in [-0.05, 0) is 90.7 Å². The summed E-state index contributed by atoms with van der Waals surface area (Å²) in [7, 11) is 0. The minimum Gasteiger partial charge on any atom is -0.481 e.